The Morgan fingerprint density at radius 2 is 2.11 bits per heavy atom. The van der Waals surface area contributed by atoms with E-state index < -0.39 is 0 Å². The summed E-state index contributed by atoms with van der Waals surface area (Å²) in [6, 6.07) is 11.4. The van der Waals surface area contributed by atoms with Gasteiger partial charge in [-0.2, -0.15) is 0 Å². The Hall–Kier alpha value is -2.90. The van der Waals surface area contributed by atoms with E-state index in [0.29, 0.717) is 19.8 Å². The van der Waals surface area contributed by atoms with E-state index in [0.717, 1.165) is 41.1 Å². The Balaban J connectivity index is 1.41. The standard InChI is InChI=1S/C21H24N4O3/c1-15-11-17-12-18(4-5-20(17)28-15)24-21(26)23-14-19(16-3-2-6-22-13-16)25-7-9-27-10-8-25/h2-6,11-13,19H,7-10,14H2,1H3,(H2,23,24,26)/t19-/m0/s1. The summed E-state index contributed by atoms with van der Waals surface area (Å²) in [6.45, 7) is 5.47. The van der Waals surface area contributed by atoms with Crippen molar-refractivity contribution in [3.8, 4) is 0 Å². The monoisotopic (exact) mass is 380 g/mol. The molecule has 2 aromatic heterocycles. The molecular weight excluding hydrogens is 356 g/mol. The number of urea groups is 1. The molecule has 3 heterocycles. The van der Waals surface area contributed by atoms with Gasteiger partial charge in [-0.3, -0.25) is 9.88 Å². The highest BCUT2D eigenvalue weighted by molar-refractivity contribution is 5.92. The molecule has 1 atom stereocenters. The van der Waals surface area contributed by atoms with E-state index in [1.54, 1.807) is 6.20 Å². The molecule has 0 aliphatic carbocycles. The molecule has 0 spiro atoms. The van der Waals surface area contributed by atoms with Crippen molar-refractivity contribution in [2.24, 2.45) is 0 Å². The topological polar surface area (TPSA) is 79.6 Å². The fourth-order valence-corrected chi connectivity index (χ4v) is 3.54. The second kappa shape index (κ2) is 8.41. The summed E-state index contributed by atoms with van der Waals surface area (Å²) in [5.41, 5.74) is 2.63. The SMILES string of the molecule is Cc1cc2cc(NC(=O)NC[C@@H](c3cccnc3)N3CCOCC3)ccc2o1. The van der Waals surface area contributed by atoms with Gasteiger partial charge in [0.1, 0.15) is 11.3 Å². The van der Waals surface area contributed by atoms with Crippen LogP contribution in [0, 0.1) is 6.92 Å². The van der Waals surface area contributed by atoms with E-state index in [-0.39, 0.29) is 12.1 Å². The number of rotatable bonds is 5. The number of nitrogens with zero attached hydrogens (tertiary/aromatic N) is 2. The number of hydrogen-bond acceptors (Lipinski definition) is 5. The van der Waals surface area contributed by atoms with Crippen molar-refractivity contribution >= 4 is 22.7 Å². The minimum atomic E-state index is -0.235. The van der Waals surface area contributed by atoms with Crippen LogP contribution in [0.3, 0.4) is 0 Å². The van der Waals surface area contributed by atoms with Gasteiger partial charge in [0.15, 0.2) is 0 Å². The van der Waals surface area contributed by atoms with Gasteiger partial charge in [-0.25, -0.2) is 4.79 Å². The van der Waals surface area contributed by atoms with Gasteiger partial charge in [-0.05, 0) is 42.8 Å². The normalized spacial score (nSPS) is 16.0. The first-order chi connectivity index (χ1) is 13.7. The van der Waals surface area contributed by atoms with Crippen molar-refractivity contribution in [1.82, 2.24) is 15.2 Å². The Morgan fingerprint density at radius 1 is 1.25 bits per heavy atom. The molecule has 7 heteroatoms. The fraction of sp³-hybridized carbons (Fsp3) is 0.333. The zero-order valence-corrected chi connectivity index (χ0v) is 15.9. The molecule has 1 aliphatic rings. The van der Waals surface area contributed by atoms with Gasteiger partial charge in [0.05, 0.1) is 19.3 Å². The fourth-order valence-electron chi connectivity index (χ4n) is 3.54. The third-order valence-corrected chi connectivity index (χ3v) is 4.91. The third-order valence-electron chi connectivity index (χ3n) is 4.91. The highest BCUT2D eigenvalue weighted by Gasteiger charge is 2.23. The molecule has 146 valence electrons. The van der Waals surface area contributed by atoms with Crippen molar-refractivity contribution < 1.29 is 13.9 Å². The molecule has 28 heavy (non-hydrogen) atoms. The number of aryl methyl sites for hydroxylation is 1. The lowest BCUT2D eigenvalue weighted by Gasteiger charge is -2.34. The van der Waals surface area contributed by atoms with Gasteiger partial charge < -0.3 is 19.8 Å². The van der Waals surface area contributed by atoms with Gasteiger partial charge in [0.2, 0.25) is 0 Å². The lowest BCUT2D eigenvalue weighted by atomic mass is 10.1. The molecule has 2 N–H and O–H groups in total. The predicted octanol–water partition coefficient (Wildman–Crippen LogP) is 3.33. The summed E-state index contributed by atoms with van der Waals surface area (Å²) in [4.78, 5) is 19.0. The van der Waals surface area contributed by atoms with Crippen LogP contribution in [0.25, 0.3) is 11.0 Å². The maximum atomic E-state index is 12.5. The number of carbonyl (C=O) groups excluding carboxylic acids is 1. The van der Waals surface area contributed by atoms with Gasteiger partial charge >= 0.3 is 6.03 Å². The van der Waals surface area contributed by atoms with Crippen molar-refractivity contribution in [2.75, 3.05) is 38.2 Å². The number of morpholine rings is 1. The molecule has 2 amide bonds. The summed E-state index contributed by atoms with van der Waals surface area (Å²) in [7, 11) is 0. The molecule has 4 rings (SSSR count). The number of anilines is 1. The second-order valence-corrected chi connectivity index (χ2v) is 6.90. The molecule has 1 fully saturated rings. The summed E-state index contributed by atoms with van der Waals surface area (Å²) in [6.07, 6.45) is 3.61. The minimum Gasteiger partial charge on any atom is -0.461 e. The van der Waals surface area contributed by atoms with Crippen molar-refractivity contribution in [3.05, 3.63) is 60.1 Å². The zero-order valence-electron chi connectivity index (χ0n) is 15.9. The third kappa shape index (κ3) is 4.32. The molecular formula is C21H24N4O3. The molecule has 0 unspecified atom stereocenters. The van der Waals surface area contributed by atoms with Crippen molar-refractivity contribution in [3.63, 3.8) is 0 Å². The van der Waals surface area contributed by atoms with Crippen LogP contribution in [0.1, 0.15) is 17.4 Å². The van der Waals surface area contributed by atoms with Gasteiger partial charge in [0.25, 0.3) is 0 Å². The van der Waals surface area contributed by atoms with Crippen LogP contribution in [-0.2, 0) is 4.74 Å². The first-order valence-electron chi connectivity index (χ1n) is 9.46. The van der Waals surface area contributed by atoms with Crippen LogP contribution in [0.4, 0.5) is 10.5 Å². The van der Waals surface area contributed by atoms with Crippen LogP contribution in [0.15, 0.2) is 53.2 Å². The van der Waals surface area contributed by atoms with Crippen LogP contribution in [0.5, 0.6) is 0 Å². The van der Waals surface area contributed by atoms with E-state index in [9.17, 15) is 4.79 Å². The number of nitrogens with one attached hydrogen (secondary N) is 2. The van der Waals surface area contributed by atoms with Gasteiger partial charge in [-0.15, -0.1) is 0 Å². The van der Waals surface area contributed by atoms with E-state index in [4.69, 9.17) is 9.15 Å². The Labute approximate surface area is 163 Å². The lowest BCUT2D eigenvalue weighted by Crippen LogP contribution is -2.44. The number of furan rings is 1. The number of fused-ring (bicyclic) bond motifs is 1. The highest BCUT2D eigenvalue weighted by atomic mass is 16.5. The molecule has 7 nitrogen and oxygen atoms in total. The largest absolute Gasteiger partial charge is 0.461 e. The summed E-state index contributed by atoms with van der Waals surface area (Å²) >= 11 is 0. The number of ether oxygens (including phenoxy) is 1. The maximum absolute atomic E-state index is 12.5. The first-order valence-corrected chi connectivity index (χ1v) is 9.46. The smallest absolute Gasteiger partial charge is 0.319 e. The van der Waals surface area contributed by atoms with Crippen molar-refractivity contribution in [2.45, 2.75) is 13.0 Å². The molecule has 3 aromatic rings. The second-order valence-electron chi connectivity index (χ2n) is 6.90. The van der Waals surface area contributed by atoms with Crippen LogP contribution in [-0.4, -0.2) is 48.8 Å². The number of carbonyl (C=O) groups is 1. The molecule has 1 aliphatic heterocycles. The number of benzene rings is 1. The average Bonchev–Trinajstić information content (AvgIpc) is 3.09. The van der Waals surface area contributed by atoms with Crippen LogP contribution >= 0.6 is 0 Å². The summed E-state index contributed by atoms with van der Waals surface area (Å²) < 4.78 is 11.0. The van der Waals surface area contributed by atoms with Gasteiger partial charge in [0, 0.05) is 43.1 Å². The predicted molar refractivity (Wildman–Crippen MR) is 107 cm³/mol. The Kier molecular flexibility index (Phi) is 5.55. The van der Waals surface area contributed by atoms with Crippen molar-refractivity contribution in [1.29, 1.82) is 0 Å². The Morgan fingerprint density at radius 3 is 2.89 bits per heavy atom. The maximum Gasteiger partial charge on any atom is 0.319 e. The number of hydrogen-bond donors (Lipinski definition) is 2. The number of amides is 2. The summed E-state index contributed by atoms with van der Waals surface area (Å²) in [5, 5.41) is 6.87. The molecule has 0 saturated carbocycles. The van der Waals surface area contributed by atoms with E-state index >= 15 is 0 Å². The first kappa shape index (κ1) is 18.5. The number of pyridine rings is 1. The molecule has 0 radical (unpaired) electrons. The quantitative estimate of drug-likeness (QED) is 0.710. The Bertz CT molecular complexity index is 935. The zero-order chi connectivity index (χ0) is 19.3. The molecule has 1 aromatic carbocycles. The van der Waals surface area contributed by atoms with Gasteiger partial charge in [-0.1, -0.05) is 6.07 Å². The number of aromatic nitrogens is 1. The summed E-state index contributed by atoms with van der Waals surface area (Å²) in [5.74, 6) is 0.849. The molecule has 0 bridgehead atoms. The minimum absolute atomic E-state index is 0.0577. The lowest BCUT2D eigenvalue weighted by molar-refractivity contribution is 0.0167. The average molecular weight is 380 g/mol. The van der Waals surface area contributed by atoms with E-state index in [1.165, 1.54) is 0 Å². The van der Waals surface area contributed by atoms with E-state index in [1.807, 2.05) is 49.5 Å². The van der Waals surface area contributed by atoms with Crippen LogP contribution < -0.4 is 10.6 Å². The molecule has 1 saturated heterocycles. The van der Waals surface area contributed by atoms with Crippen LogP contribution in [0.2, 0.25) is 0 Å². The highest BCUT2D eigenvalue weighted by Crippen LogP contribution is 2.23. The van der Waals surface area contributed by atoms with E-state index in [2.05, 4.69) is 20.5 Å².